The van der Waals surface area contributed by atoms with Crippen molar-refractivity contribution in [1.29, 1.82) is 0 Å². The summed E-state index contributed by atoms with van der Waals surface area (Å²) in [5.41, 5.74) is 4.65. The zero-order chi connectivity index (χ0) is 31.8. The lowest BCUT2D eigenvalue weighted by molar-refractivity contribution is -0.00266. The van der Waals surface area contributed by atoms with Crippen LogP contribution >= 0.6 is 0 Å². The van der Waals surface area contributed by atoms with E-state index in [1.54, 1.807) is 16.8 Å². The van der Waals surface area contributed by atoms with E-state index in [1.807, 2.05) is 39.0 Å². The third kappa shape index (κ3) is 7.22. The first-order chi connectivity index (χ1) is 21.9. The average molecular weight is 615 g/mol. The Morgan fingerprint density at radius 3 is 2.73 bits per heavy atom. The second kappa shape index (κ2) is 14.1. The van der Waals surface area contributed by atoms with Crippen LogP contribution in [-0.4, -0.2) is 62.8 Å². The molecule has 45 heavy (non-hydrogen) atoms. The molecule has 1 aromatic carbocycles. The topological polar surface area (TPSA) is 175 Å². The molecule has 5 aromatic rings. The lowest BCUT2D eigenvalue weighted by atomic mass is 10.1. The van der Waals surface area contributed by atoms with Gasteiger partial charge in [-0.25, -0.2) is 24.0 Å². The first kappa shape index (κ1) is 30.6. The predicted octanol–water partition coefficient (Wildman–Crippen LogP) is 4.15. The molecule has 15 heteroatoms. The van der Waals surface area contributed by atoms with Gasteiger partial charge in [-0.05, 0) is 55.7 Å². The summed E-state index contributed by atoms with van der Waals surface area (Å²) in [4.78, 5) is 46.8. The molecule has 4 heterocycles. The van der Waals surface area contributed by atoms with Gasteiger partial charge < -0.3 is 29.4 Å². The van der Waals surface area contributed by atoms with Crippen molar-refractivity contribution in [2.24, 2.45) is 0 Å². The molecule has 0 atom stereocenters. The molecule has 0 spiro atoms. The Labute approximate surface area is 257 Å². The van der Waals surface area contributed by atoms with E-state index in [0.717, 1.165) is 27.3 Å². The Morgan fingerprint density at radius 1 is 1.11 bits per heavy atom. The van der Waals surface area contributed by atoms with Crippen LogP contribution in [0.3, 0.4) is 0 Å². The summed E-state index contributed by atoms with van der Waals surface area (Å²) in [5, 5.41) is 14.2. The lowest BCUT2D eigenvalue weighted by Crippen LogP contribution is -2.34. The maximum atomic E-state index is 12.8. The summed E-state index contributed by atoms with van der Waals surface area (Å²) in [5.74, 6) is -0.201. The van der Waals surface area contributed by atoms with Gasteiger partial charge in [-0.1, -0.05) is 17.3 Å². The zero-order valence-corrected chi connectivity index (χ0v) is 24.7. The third-order valence-electron chi connectivity index (χ3n) is 6.64. The van der Waals surface area contributed by atoms with Gasteiger partial charge in [-0.15, -0.1) is 0 Å². The van der Waals surface area contributed by atoms with Crippen LogP contribution < -0.4 is 15.5 Å². The van der Waals surface area contributed by atoms with E-state index in [1.165, 1.54) is 37.1 Å². The number of fused-ring (bicyclic) bond motifs is 1. The van der Waals surface area contributed by atoms with E-state index >= 15 is 0 Å². The van der Waals surface area contributed by atoms with E-state index in [0.29, 0.717) is 23.4 Å². The summed E-state index contributed by atoms with van der Waals surface area (Å²) in [7, 11) is 0. The Morgan fingerprint density at radius 2 is 1.98 bits per heavy atom. The molecule has 0 saturated heterocycles. The molecule has 0 aliphatic heterocycles. The van der Waals surface area contributed by atoms with Crippen LogP contribution in [0.25, 0.3) is 5.52 Å². The summed E-state index contributed by atoms with van der Waals surface area (Å²) in [6.45, 7) is 5.42. The van der Waals surface area contributed by atoms with Gasteiger partial charge in [0, 0.05) is 36.9 Å². The number of pyridine rings is 1. The predicted molar refractivity (Wildman–Crippen MR) is 160 cm³/mol. The van der Waals surface area contributed by atoms with Crippen molar-refractivity contribution in [3.63, 3.8) is 0 Å². The van der Waals surface area contributed by atoms with Crippen molar-refractivity contribution in [2.75, 3.05) is 30.3 Å². The summed E-state index contributed by atoms with van der Waals surface area (Å²) >= 11 is 0. The fraction of sp³-hybridized carbons (Fsp3) is 0.233. The molecule has 15 nitrogen and oxygen atoms in total. The number of hydrogen-bond donors (Lipinski definition) is 2. The highest BCUT2D eigenvalue weighted by Crippen LogP contribution is 2.27. The number of nitrogens with zero attached hydrogens (tertiary/aromatic N) is 6. The van der Waals surface area contributed by atoms with Crippen LogP contribution in [0.4, 0.5) is 22.1 Å². The smallest absolute Gasteiger partial charge is 0.420 e. The largest absolute Gasteiger partial charge is 0.424 e. The Kier molecular flexibility index (Phi) is 9.59. The molecule has 0 radical (unpaired) electrons. The Hall–Kier alpha value is -5.83. The number of ether oxygens (including phenoxy) is 3. The SMILES string of the molecule is CCNC(=O)c1cn2ncnc(Nc3cc(COCN(C(=O)OCOC(=O)c4cccnc4)c4ccon4)ccc3C)c2c1C. The second-order valence-corrected chi connectivity index (χ2v) is 9.67. The highest BCUT2D eigenvalue weighted by Gasteiger charge is 2.22. The molecule has 0 aliphatic rings. The summed E-state index contributed by atoms with van der Waals surface area (Å²) < 4.78 is 22.4. The molecule has 0 unspecified atom stereocenters. The van der Waals surface area contributed by atoms with Gasteiger partial charge in [-0.3, -0.25) is 9.78 Å². The number of anilines is 3. The molecular formula is C30H30N8O7. The Bertz CT molecular complexity index is 1790. The molecule has 5 rings (SSSR count). The van der Waals surface area contributed by atoms with Crippen molar-refractivity contribution < 1.29 is 33.1 Å². The molecule has 2 N–H and O–H groups in total. The number of carbonyl (C=O) groups is 3. The van der Waals surface area contributed by atoms with Crippen LogP contribution in [0.5, 0.6) is 0 Å². The van der Waals surface area contributed by atoms with Crippen LogP contribution in [0.2, 0.25) is 0 Å². The van der Waals surface area contributed by atoms with Gasteiger partial charge in [0.1, 0.15) is 24.8 Å². The minimum absolute atomic E-state index is 0.122. The fourth-order valence-electron chi connectivity index (χ4n) is 4.35. The van der Waals surface area contributed by atoms with Crippen molar-refractivity contribution >= 4 is 40.8 Å². The quantitative estimate of drug-likeness (QED) is 0.152. The molecule has 0 fully saturated rings. The van der Waals surface area contributed by atoms with Crippen molar-refractivity contribution in [2.45, 2.75) is 27.4 Å². The van der Waals surface area contributed by atoms with Crippen molar-refractivity contribution in [3.05, 3.63) is 95.4 Å². The number of amides is 2. The lowest BCUT2D eigenvalue weighted by Gasteiger charge is -2.19. The summed E-state index contributed by atoms with van der Waals surface area (Å²) in [6.07, 6.45) is 6.38. The first-order valence-electron chi connectivity index (χ1n) is 13.8. The molecule has 232 valence electrons. The number of hydrogen-bond acceptors (Lipinski definition) is 12. The van der Waals surface area contributed by atoms with E-state index in [4.69, 9.17) is 18.7 Å². The van der Waals surface area contributed by atoms with Gasteiger partial charge in [0.2, 0.25) is 6.79 Å². The normalized spacial score (nSPS) is 10.8. The van der Waals surface area contributed by atoms with E-state index < -0.39 is 18.9 Å². The monoisotopic (exact) mass is 614 g/mol. The van der Waals surface area contributed by atoms with Crippen molar-refractivity contribution in [1.82, 2.24) is 30.1 Å². The average Bonchev–Trinajstić information content (AvgIpc) is 3.70. The molecule has 4 aromatic heterocycles. The minimum atomic E-state index is -0.864. The molecular weight excluding hydrogens is 584 g/mol. The van der Waals surface area contributed by atoms with Gasteiger partial charge in [0.05, 0.1) is 17.7 Å². The second-order valence-electron chi connectivity index (χ2n) is 9.67. The standard InChI is InChI=1S/C30H30N8O7/c1-4-32-28(39)23-14-38-26(20(23)3)27(33-16-34-38)35-24-12-21(8-7-19(24)2)15-42-17-37(25-9-11-45-36-25)30(41)44-18-43-29(40)22-6-5-10-31-13-22/h5-14,16H,4,15,17-18H2,1-3H3,(H,32,39)(H,33,34,35). The molecule has 0 saturated carbocycles. The summed E-state index contributed by atoms with van der Waals surface area (Å²) in [6, 6.07) is 10.3. The highest BCUT2D eigenvalue weighted by molar-refractivity contribution is 5.99. The van der Waals surface area contributed by atoms with E-state index in [-0.39, 0.29) is 30.6 Å². The van der Waals surface area contributed by atoms with Gasteiger partial charge in [0.25, 0.3) is 5.91 Å². The Balaban J connectivity index is 1.23. The fourth-order valence-corrected chi connectivity index (χ4v) is 4.35. The number of benzene rings is 1. The van der Waals surface area contributed by atoms with Gasteiger partial charge in [0.15, 0.2) is 11.6 Å². The number of nitrogens with one attached hydrogen (secondary N) is 2. The van der Waals surface area contributed by atoms with Crippen LogP contribution in [-0.2, 0) is 20.8 Å². The molecule has 0 bridgehead atoms. The van der Waals surface area contributed by atoms with Gasteiger partial charge >= 0.3 is 12.1 Å². The zero-order valence-electron chi connectivity index (χ0n) is 24.7. The first-order valence-corrected chi connectivity index (χ1v) is 13.8. The van der Waals surface area contributed by atoms with Crippen LogP contribution in [0.15, 0.2) is 72.1 Å². The maximum absolute atomic E-state index is 12.8. The van der Waals surface area contributed by atoms with Crippen LogP contribution in [0.1, 0.15) is 44.3 Å². The minimum Gasteiger partial charge on any atom is -0.424 e. The van der Waals surface area contributed by atoms with Gasteiger partial charge in [-0.2, -0.15) is 5.10 Å². The molecule has 0 aliphatic carbocycles. The number of rotatable bonds is 12. The van der Waals surface area contributed by atoms with E-state index in [9.17, 15) is 14.4 Å². The third-order valence-corrected chi connectivity index (χ3v) is 6.64. The number of esters is 1. The maximum Gasteiger partial charge on any atom is 0.420 e. The number of carbonyl (C=O) groups excluding carboxylic acids is 3. The molecule has 2 amide bonds. The van der Waals surface area contributed by atoms with Crippen molar-refractivity contribution in [3.8, 4) is 0 Å². The highest BCUT2D eigenvalue weighted by atomic mass is 16.7. The number of aromatic nitrogens is 5. The number of aryl methyl sites for hydroxylation is 2. The van der Waals surface area contributed by atoms with E-state index in [2.05, 4.69) is 30.9 Å². The van der Waals surface area contributed by atoms with Crippen LogP contribution in [0, 0.1) is 13.8 Å².